The quantitative estimate of drug-likeness (QED) is 0.418. The van der Waals surface area contributed by atoms with Crippen LogP contribution in [0, 0.1) is 0 Å². The molecule has 0 rings (SSSR count). The monoisotopic (exact) mass is 240 g/mol. The van der Waals surface area contributed by atoms with Crippen molar-refractivity contribution in [2.75, 3.05) is 6.61 Å². The molecule has 0 aromatic rings. The maximum atomic E-state index is 10.7. The number of hydrogen-bond acceptors (Lipinski definition) is 2. The minimum atomic E-state index is -0.230. The molecule has 0 amide bonds. The topological polar surface area (TPSA) is 26.3 Å². The summed E-state index contributed by atoms with van der Waals surface area (Å²) in [5.41, 5.74) is 0.650. The molecule has 0 aromatic heterocycles. The van der Waals surface area contributed by atoms with Crippen molar-refractivity contribution in [1.82, 2.24) is 0 Å². The minimum Gasteiger partial charge on any atom is -0.463 e. The minimum absolute atomic E-state index is 0.230. The predicted octanol–water partition coefficient (Wildman–Crippen LogP) is 1.89. The van der Waals surface area contributed by atoms with Crippen molar-refractivity contribution in [3.05, 3.63) is 9.66 Å². The van der Waals surface area contributed by atoms with Gasteiger partial charge in [-0.25, -0.2) is 4.79 Å². The lowest BCUT2D eigenvalue weighted by Gasteiger charge is -1.97. The molecular weight excluding hydrogens is 231 g/mol. The highest BCUT2D eigenvalue weighted by Gasteiger charge is 2.00. The third-order valence-corrected chi connectivity index (χ3v) is 1.70. The van der Waals surface area contributed by atoms with Crippen molar-refractivity contribution >= 4 is 28.6 Å². The Balaban J connectivity index is 3.74. The maximum Gasteiger partial charge on any atom is 0.334 e. The molecule has 0 aliphatic carbocycles. The number of esters is 1. The highest BCUT2D eigenvalue weighted by molar-refractivity contribution is 14.1. The van der Waals surface area contributed by atoms with E-state index in [9.17, 15) is 4.79 Å². The van der Waals surface area contributed by atoms with Crippen molar-refractivity contribution in [2.45, 2.75) is 13.8 Å². The first kappa shape index (κ1) is 8.94. The lowest BCUT2D eigenvalue weighted by atomic mass is 10.4. The van der Waals surface area contributed by atoms with E-state index in [0.717, 1.165) is 0 Å². The zero-order valence-corrected chi connectivity index (χ0v) is 7.64. The van der Waals surface area contributed by atoms with Crippen LogP contribution in [0.4, 0.5) is 0 Å². The Hall–Kier alpha value is -0.0600. The fraction of sp³-hybridized carbons (Fsp3) is 0.500. The lowest BCUT2D eigenvalue weighted by Crippen LogP contribution is -2.03. The zero-order chi connectivity index (χ0) is 7.28. The lowest BCUT2D eigenvalue weighted by molar-refractivity contribution is -0.138. The van der Waals surface area contributed by atoms with Crippen LogP contribution in [0.1, 0.15) is 13.8 Å². The molecule has 0 aliphatic heterocycles. The van der Waals surface area contributed by atoms with E-state index in [1.807, 2.05) is 22.6 Å². The first-order chi connectivity index (χ1) is 4.22. The van der Waals surface area contributed by atoms with E-state index in [-0.39, 0.29) is 5.97 Å². The largest absolute Gasteiger partial charge is 0.463 e. The Morgan fingerprint density at radius 1 is 1.78 bits per heavy atom. The zero-order valence-electron chi connectivity index (χ0n) is 5.48. The Bertz CT molecular complexity index is 129. The second-order valence-electron chi connectivity index (χ2n) is 1.51. The highest BCUT2D eigenvalue weighted by Crippen LogP contribution is 1.99. The number of carbonyl (C=O) groups is 1. The number of hydrogen-bond donors (Lipinski definition) is 0. The van der Waals surface area contributed by atoms with Crippen LogP contribution in [-0.4, -0.2) is 12.6 Å². The smallest absolute Gasteiger partial charge is 0.334 e. The van der Waals surface area contributed by atoms with Crippen LogP contribution in [0.2, 0.25) is 0 Å². The molecule has 0 N–H and O–H groups in total. The van der Waals surface area contributed by atoms with Gasteiger partial charge >= 0.3 is 5.97 Å². The van der Waals surface area contributed by atoms with Crippen molar-refractivity contribution in [2.24, 2.45) is 0 Å². The number of carbonyl (C=O) groups excluding carboxylic acids is 1. The molecule has 3 heteroatoms. The van der Waals surface area contributed by atoms with Gasteiger partial charge in [-0.2, -0.15) is 0 Å². The van der Waals surface area contributed by atoms with Gasteiger partial charge in [-0.1, -0.05) is 22.6 Å². The second kappa shape index (κ2) is 4.78. The van der Waals surface area contributed by atoms with Gasteiger partial charge in [0.05, 0.1) is 6.61 Å². The average molecular weight is 240 g/mol. The van der Waals surface area contributed by atoms with Crippen LogP contribution >= 0.6 is 22.6 Å². The Morgan fingerprint density at radius 3 is 2.67 bits per heavy atom. The third-order valence-electron chi connectivity index (χ3n) is 0.761. The second-order valence-corrected chi connectivity index (χ2v) is 2.14. The normalized spacial score (nSPS) is 11.2. The van der Waals surface area contributed by atoms with E-state index in [1.165, 1.54) is 0 Å². The SMILES string of the molecule is CCOC(=O)/C(C)=C/I. The van der Waals surface area contributed by atoms with E-state index in [2.05, 4.69) is 4.74 Å². The standard InChI is InChI=1S/C6H9IO2/c1-3-9-6(8)5(2)4-7/h4H,3H2,1-2H3/b5-4+. The van der Waals surface area contributed by atoms with Gasteiger partial charge in [0, 0.05) is 5.57 Å². The van der Waals surface area contributed by atoms with Crippen molar-refractivity contribution in [1.29, 1.82) is 0 Å². The van der Waals surface area contributed by atoms with E-state index >= 15 is 0 Å². The van der Waals surface area contributed by atoms with Gasteiger partial charge in [0.15, 0.2) is 0 Å². The Kier molecular flexibility index (Phi) is 4.75. The van der Waals surface area contributed by atoms with Crippen LogP contribution in [0.15, 0.2) is 9.66 Å². The summed E-state index contributed by atoms with van der Waals surface area (Å²) >= 11 is 2.01. The van der Waals surface area contributed by atoms with Crippen LogP contribution < -0.4 is 0 Å². The molecule has 0 bridgehead atoms. The van der Waals surface area contributed by atoms with Crippen LogP contribution in [0.3, 0.4) is 0 Å². The number of ether oxygens (including phenoxy) is 1. The molecule has 0 saturated heterocycles. The third kappa shape index (κ3) is 3.51. The van der Waals surface area contributed by atoms with Crippen molar-refractivity contribution < 1.29 is 9.53 Å². The van der Waals surface area contributed by atoms with E-state index in [1.54, 1.807) is 17.9 Å². The summed E-state index contributed by atoms with van der Waals surface area (Å²) in [5, 5.41) is 0. The molecule has 0 atom stereocenters. The molecule has 0 aromatic carbocycles. The summed E-state index contributed by atoms with van der Waals surface area (Å²) in [6, 6.07) is 0. The van der Waals surface area contributed by atoms with Gasteiger partial charge < -0.3 is 4.74 Å². The molecule has 0 radical (unpaired) electrons. The van der Waals surface area contributed by atoms with E-state index in [4.69, 9.17) is 0 Å². The average Bonchev–Trinajstić information content (AvgIpc) is 1.87. The summed E-state index contributed by atoms with van der Waals surface area (Å²) < 4.78 is 6.39. The summed E-state index contributed by atoms with van der Waals surface area (Å²) in [6.07, 6.45) is 0. The van der Waals surface area contributed by atoms with Crippen LogP contribution in [0.25, 0.3) is 0 Å². The molecule has 9 heavy (non-hydrogen) atoms. The first-order valence-electron chi connectivity index (χ1n) is 2.66. The first-order valence-corrected chi connectivity index (χ1v) is 3.91. The molecule has 0 spiro atoms. The van der Waals surface area contributed by atoms with E-state index in [0.29, 0.717) is 12.2 Å². The predicted molar refractivity (Wildman–Crippen MR) is 44.4 cm³/mol. The molecule has 0 aliphatic rings. The molecule has 52 valence electrons. The number of rotatable bonds is 2. The molecule has 2 nitrogen and oxygen atoms in total. The molecule has 0 heterocycles. The van der Waals surface area contributed by atoms with Gasteiger partial charge in [0.25, 0.3) is 0 Å². The van der Waals surface area contributed by atoms with Gasteiger partial charge in [-0.05, 0) is 17.9 Å². The molecule has 0 unspecified atom stereocenters. The summed E-state index contributed by atoms with van der Waals surface area (Å²) in [4.78, 5) is 10.7. The van der Waals surface area contributed by atoms with Gasteiger partial charge in [-0.3, -0.25) is 0 Å². The molecule has 0 saturated carbocycles. The van der Waals surface area contributed by atoms with Crippen LogP contribution in [0.5, 0.6) is 0 Å². The van der Waals surface area contributed by atoms with Gasteiger partial charge in [0.1, 0.15) is 0 Å². The molecular formula is C6H9IO2. The molecule has 0 fully saturated rings. The van der Waals surface area contributed by atoms with Crippen molar-refractivity contribution in [3.63, 3.8) is 0 Å². The fourth-order valence-electron chi connectivity index (χ4n) is 0.289. The van der Waals surface area contributed by atoms with Crippen LogP contribution in [-0.2, 0) is 9.53 Å². The maximum absolute atomic E-state index is 10.7. The Morgan fingerprint density at radius 2 is 2.33 bits per heavy atom. The van der Waals surface area contributed by atoms with Gasteiger partial charge in [0.2, 0.25) is 0 Å². The highest BCUT2D eigenvalue weighted by atomic mass is 127. The van der Waals surface area contributed by atoms with Crippen molar-refractivity contribution in [3.8, 4) is 0 Å². The van der Waals surface area contributed by atoms with Gasteiger partial charge in [-0.15, -0.1) is 0 Å². The summed E-state index contributed by atoms with van der Waals surface area (Å²) in [6.45, 7) is 3.96. The summed E-state index contributed by atoms with van der Waals surface area (Å²) in [7, 11) is 0. The fourth-order valence-corrected chi connectivity index (χ4v) is 0.544. The summed E-state index contributed by atoms with van der Waals surface area (Å²) in [5.74, 6) is -0.230. The van der Waals surface area contributed by atoms with E-state index < -0.39 is 0 Å². The number of halogens is 1. The Labute approximate surface area is 68.4 Å².